The molecular formula is C15H16BrN3O3. The first-order valence-electron chi connectivity index (χ1n) is 6.58. The lowest BCUT2D eigenvalue weighted by Gasteiger charge is -2.28. The Morgan fingerprint density at radius 2 is 2.18 bits per heavy atom. The van der Waals surface area contributed by atoms with Crippen LogP contribution in [0, 0.1) is 11.3 Å². The zero-order chi connectivity index (χ0) is 16.5. The van der Waals surface area contributed by atoms with Crippen LogP contribution in [0.4, 0.5) is 4.79 Å². The lowest BCUT2D eigenvalue weighted by atomic mass is 9.97. The molecule has 0 aliphatic carbocycles. The Labute approximate surface area is 137 Å². The number of alkyl carbamates (subject to hydrolysis) is 1. The van der Waals surface area contributed by atoms with Crippen LogP contribution in [-0.4, -0.2) is 11.7 Å². The van der Waals surface area contributed by atoms with E-state index in [0.29, 0.717) is 11.3 Å². The van der Waals surface area contributed by atoms with E-state index in [9.17, 15) is 10.1 Å². The van der Waals surface area contributed by atoms with E-state index in [2.05, 4.69) is 21.2 Å². The van der Waals surface area contributed by atoms with Gasteiger partial charge in [-0.3, -0.25) is 0 Å². The molecule has 1 aliphatic rings. The summed E-state index contributed by atoms with van der Waals surface area (Å²) in [5, 5.41) is 12.0. The van der Waals surface area contributed by atoms with E-state index in [0.717, 1.165) is 4.47 Å². The Balaban J connectivity index is 2.37. The van der Waals surface area contributed by atoms with E-state index in [1.807, 2.05) is 6.07 Å². The molecule has 7 heteroatoms. The van der Waals surface area contributed by atoms with Crippen LogP contribution in [0.1, 0.15) is 32.4 Å². The molecule has 116 valence electrons. The molecule has 22 heavy (non-hydrogen) atoms. The normalized spacial score (nSPS) is 17.1. The van der Waals surface area contributed by atoms with Crippen molar-refractivity contribution >= 4 is 22.0 Å². The topological polar surface area (TPSA) is 97.4 Å². The second-order valence-corrected chi connectivity index (χ2v) is 6.67. The summed E-state index contributed by atoms with van der Waals surface area (Å²) in [6, 6.07) is 6.52. The summed E-state index contributed by atoms with van der Waals surface area (Å²) >= 11 is 3.36. The van der Waals surface area contributed by atoms with Crippen molar-refractivity contribution in [3.05, 3.63) is 39.7 Å². The maximum Gasteiger partial charge on any atom is 0.408 e. The van der Waals surface area contributed by atoms with Gasteiger partial charge in [0.15, 0.2) is 0 Å². The minimum atomic E-state index is -0.721. The van der Waals surface area contributed by atoms with Crippen LogP contribution in [0.3, 0.4) is 0 Å². The van der Waals surface area contributed by atoms with Crippen molar-refractivity contribution in [3.63, 3.8) is 0 Å². The number of nitrogens with one attached hydrogen (secondary N) is 1. The maximum atomic E-state index is 12.0. The van der Waals surface area contributed by atoms with E-state index < -0.39 is 17.7 Å². The van der Waals surface area contributed by atoms with Gasteiger partial charge in [-0.05, 0) is 39.0 Å². The predicted octanol–water partition coefficient (Wildman–Crippen LogP) is 3.10. The molecule has 0 bridgehead atoms. The molecule has 0 unspecified atom stereocenters. The summed E-state index contributed by atoms with van der Waals surface area (Å²) in [6.45, 7) is 5.28. The summed E-state index contributed by atoms with van der Waals surface area (Å²) in [5.41, 5.74) is 5.89. The van der Waals surface area contributed by atoms with E-state index >= 15 is 0 Å². The molecule has 1 heterocycles. The van der Waals surface area contributed by atoms with Gasteiger partial charge in [-0.1, -0.05) is 15.9 Å². The molecule has 1 aliphatic heterocycles. The number of carbonyl (C=O) groups excluding carboxylic acids is 1. The second kappa shape index (κ2) is 5.89. The van der Waals surface area contributed by atoms with Crippen LogP contribution in [0.5, 0.6) is 5.75 Å². The number of amides is 1. The summed E-state index contributed by atoms with van der Waals surface area (Å²) in [6.07, 6.45) is -0.633. The standard InChI is InChI=1S/C15H16BrN3O3/c1-15(2,3)22-14(20)19-12-9-6-8(16)4-5-11(9)21-13(18)10(12)7-17/h4-6,12H,18H2,1-3H3,(H,19,20)/t12-/m1/s1. The van der Waals surface area contributed by atoms with Gasteiger partial charge in [-0.15, -0.1) is 0 Å². The smallest absolute Gasteiger partial charge is 0.408 e. The van der Waals surface area contributed by atoms with Crippen LogP contribution < -0.4 is 15.8 Å². The molecule has 6 nitrogen and oxygen atoms in total. The molecule has 0 aromatic heterocycles. The van der Waals surface area contributed by atoms with Gasteiger partial charge in [0.25, 0.3) is 0 Å². The summed E-state index contributed by atoms with van der Waals surface area (Å²) in [4.78, 5) is 12.0. The molecule has 2 rings (SSSR count). The zero-order valence-electron chi connectivity index (χ0n) is 12.4. The number of halogens is 1. The molecule has 0 spiro atoms. The highest BCUT2D eigenvalue weighted by atomic mass is 79.9. The number of hydrogen-bond donors (Lipinski definition) is 2. The van der Waals surface area contributed by atoms with Gasteiger partial charge in [0.05, 0.1) is 0 Å². The molecule has 1 aromatic carbocycles. The monoisotopic (exact) mass is 365 g/mol. The number of hydrogen-bond acceptors (Lipinski definition) is 5. The highest BCUT2D eigenvalue weighted by Gasteiger charge is 2.32. The van der Waals surface area contributed by atoms with E-state index in [1.54, 1.807) is 39.0 Å². The van der Waals surface area contributed by atoms with Crippen molar-refractivity contribution in [3.8, 4) is 11.8 Å². The van der Waals surface area contributed by atoms with Crippen molar-refractivity contribution < 1.29 is 14.3 Å². The Morgan fingerprint density at radius 3 is 2.77 bits per heavy atom. The maximum absolute atomic E-state index is 12.0. The third kappa shape index (κ3) is 3.52. The molecule has 0 radical (unpaired) electrons. The Hall–Kier alpha value is -2.20. The minimum absolute atomic E-state index is 0.0293. The molecule has 0 fully saturated rings. The highest BCUT2D eigenvalue weighted by molar-refractivity contribution is 9.10. The molecule has 0 saturated carbocycles. The molecule has 1 atom stereocenters. The van der Waals surface area contributed by atoms with Crippen molar-refractivity contribution in [2.24, 2.45) is 5.73 Å². The van der Waals surface area contributed by atoms with E-state index in [4.69, 9.17) is 15.2 Å². The first-order chi connectivity index (χ1) is 10.2. The fraction of sp³-hybridized carbons (Fsp3) is 0.333. The van der Waals surface area contributed by atoms with Crippen molar-refractivity contribution in [2.75, 3.05) is 0 Å². The number of nitrogens with zero attached hydrogens (tertiary/aromatic N) is 1. The van der Waals surface area contributed by atoms with Gasteiger partial charge in [0.1, 0.15) is 29.0 Å². The number of ether oxygens (including phenoxy) is 2. The van der Waals surface area contributed by atoms with Gasteiger partial charge >= 0.3 is 6.09 Å². The van der Waals surface area contributed by atoms with Gasteiger partial charge < -0.3 is 20.5 Å². The number of benzene rings is 1. The Kier molecular flexibility index (Phi) is 4.33. The van der Waals surface area contributed by atoms with Gasteiger partial charge in [-0.25, -0.2) is 4.79 Å². The Morgan fingerprint density at radius 1 is 1.50 bits per heavy atom. The Bertz CT molecular complexity index is 686. The van der Waals surface area contributed by atoms with E-state index in [-0.39, 0.29) is 11.5 Å². The third-order valence-corrected chi connectivity index (χ3v) is 3.33. The quantitative estimate of drug-likeness (QED) is 0.796. The first-order valence-corrected chi connectivity index (χ1v) is 7.37. The second-order valence-electron chi connectivity index (χ2n) is 5.75. The van der Waals surface area contributed by atoms with Gasteiger partial charge in [0, 0.05) is 10.0 Å². The largest absolute Gasteiger partial charge is 0.444 e. The van der Waals surface area contributed by atoms with Crippen LogP contribution in [0.2, 0.25) is 0 Å². The van der Waals surface area contributed by atoms with Crippen LogP contribution in [0.15, 0.2) is 34.1 Å². The van der Waals surface area contributed by atoms with E-state index in [1.165, 1.54) is 0 Å². The van der Waals surface area contributed by atoms with Gasteiger partial charge in [0.2, 0.25) is 5.88 Å². The zero-order valence-corrected chi connectivity index (χ0v) is 14.0. The third-order valence-electron chi connectivity index (χ3n) is 2.84. The summed E-state index contributed by atoms with van der Waals surface area (Å²) < 4.78 is 11.5. The molecule has 1 aromatic rings. The van der Waals surface area contributed by atoms with Gasteiger partial charge in [-0.2, -0.15) is 5.26 Å². The molecule has 3 N–H and O–H groups in total. The fourth-order valence-electron chi connectivity index (χ4n) is 2.00. The molecular weight excluding hydrogens is 350 g/mol. The van der Waals surface area contributed by atoms with Crippen molar-refractivity contribution in [1.82, 2.24) is 5.32 Å². The minimum Gasteiger partial charge on any atom is -0.444 e. The SMILES string of the molecule is CC(C)(C)OC(=O)N[C@H]1C(C#N)=C(N)Oc2ccc(Br)cc21. The lowest BCUT2D eigenvalue weighted by molar-refractivity contribution is 0.0510. The van der Waals surface area contributed by atoms with Crippen LogP contribution in [0.25, 0.3) is 0 Å². The number of nitriles is 1. The number of nitrogens with two attached hydrogens (primary N) is 1. The average Bonchev–Trinajstić information content (AvgIpc) is 2.37. The summed E-state index contributed by atoms with van der Waals surface area (Å²) in [5.74, 6) is 0.458. The number of fused-ring (bicyclic) bond motifs is 1. The van der Waals surface area contributed by atoms with Crippen LogP contribution in [-0.2, 0) is 4.74 Å². The summed E-state index contributed by atoms with van der Waals surface area (Å²) in [7, 11) is 0. The van der Waals surface area contributed by atoms with Crippen LogP contribution >= 0.6 is 15.9 Å². The van der Waals surface area contributed by atoms with Crippen molar-refractivity contribution in [2.45, 2.75) is 32.4 Å². The molecule has 1 amide bonds. The average molecular weight is 366 g/mol. The number of carbonyl (C=O) groups is 1. The lowest BCUT2D eigenvalue weighted by Crippen LogP contribution is -2.37. The molecule has 0 saturated heterocycles. The predicted molar refractivity (Wildman–Crippen MR) is 83.7 cm³/mol. The fourth-order valence-corrected chi connectivity index (χ4v) is 2.38. The first kappa shape index (κ1) is 16.2. The highest BCUT2D eigenvalue weighted by Crippen LogP contribution is 2.37. The number of rotatable bonds is 1. The van der Waals surface area contributed by atoms with Crippen molar-refractivity contribution in [1.29, 1.82) is 5.26 Å².